The van der Waals surface area contributed by atoms with Gasteiger partial charge in [0.2, 0.25) is 0 Å². The quantitative estimate of drug-likeness (QED) is 0.861. The van der Waals surface area contributed by atoms with Gasteiger partial charge in [-0.3, -0.25) is 10.2 Å². The third-order valence-electron chi connectivity index (χ3n) is 4.48. The van der Waals surface area contributed by atoms with Gasteiger partial charge in [-0.25, -0.2) is 0 Å². The first-order valence-electron chi connectivity index (χ1n) is 7.93. The molecule has 0 aromatic rings. The third kappa shape index (κ3) is 3.72. The van der Waals surface area contributed by atoms with Gasteiger partial charge in [-0.2, -0.15) is 5.26 Å². The zero-order valence-corrected chi connectivity index (χ0v) is 13.4. The lowest BCUT2D eigenvalue weighted by molar-refractivity contribution is -0.103. The van der Waals surface area contributed by atoms with Crippen LogP contribution in [-0.2, 0) is 4.74 Å². The van der Waals surface area contributed by atoms with E-state index in [0.29, 0.717) is 12.1 Å². The normalized spacial score (nSPS) is 34.9. The molecule has 0 spiro atoms. The van der Waals surface area contributed by atoms with Gasteiger partial charge < -0.3 is 4.74 Å². The van der Waals surface area contributed by atoms with Crippen molar-refractivity contribution in [2.75, 3.05) is 19.7 Å². The number of ether oxygens (including phenoxy) is 1. The molecular weight excluding hydrogens is 250 g/mol. The second-order valence-electron chi connectivity index (χ2n) is 7.32. The number of hydrogen-bond acceptors (Lipinski definition) is 4. The maximum Gasteiger partial charge on any atom is 0.108 e. The first-order chi connectivity index (χ1) is 9.36. The molecule has 1 aliphatic carbocycles. The minimum atomic E-state index is -0.334. The molecule has 1 saturated carbocycles. The van der Waals surface area contributed by atoms with E-state index in [-0.39, 0.29) is 11.1 Å². The SMILES string of the molecule is CC(C)NC1(C#N)CCCC(N2CCOC(C)(C)C2)C1. The van der Waals surface area contributed by atoms with Gasteiger partial charge in [-0.15, -0.1) is 0 Å². The molecule has 114 valence electrons. The van der Waals surface area contributed by atoms with Crippen LogP contribution in [0.3, 0.4) is 0 Å². The maximum absolute atomic E-state index is 9.65. The predicted octanol–water partition coefficient (Wildman–Crippen LogP) is 2.30. The maximum atomic E-state index is 9.65. The fourth-order valence-electron chi connectivity index (χ4n) is 3.74. The smallest absolute Gasteiger partial charge is 0.108 e. The molecule has 2 unspecified atom stereocenters. The number of nitrogens with one attached hydrogen (secondary N) is 1. The standard InChI is InChI=1S/C16H29N3O/c1-13(2)18-16(11-17)7-5-6-14(10-16)19-8-9-20-15(3,4)12-19/h13-14,18H,5-10,12H2,1-4H3. The van der Waals surface area contributed by atoms with E-state index in [2.05, 4.69) is 44.0 Å². The van der Waals surface area contributed by atoms with E-state index in [1.54, 1.807) is 0 Å². The lowest BCUT2D eigenvalue weighted by atomic mass is 9.78. The summed E-state index contributed by atoms with van der Waals surface area (Å²) in [6.07, 6.45) is 4.26. The predicted molar refractivity (Wildman–Crippen MR) is 80.5 cm³/mol. The average Bonchev–Trinajstić information content (AvgIpc) is 2.37. The van der Waals surface area contributed by atoms with Crippen molar-refractivity contribution in [3.8, 4) is 6.07 Å². The molecule has 0 aromatic carbocycles. The van der Waals surface area contributed by atoms with Crippen LogP contribution in [-0.4, -0.2) is 47.8 Å². The molecule has 2 atom stereocenters. The summed E-state index contributed by atoms with van der Waals surface area (Å²) >= 11 is 0. The first kappa shape index (κ1) is 15.8. The summed E-state index contributed by atoms with van der Waals surface area (Å²) in [5.41, 5.74) is -0.393. The van der Waals surface area contributed by atoms with Crippen LogP contribution in [0, 0.1) is 11.3 Å². The van der Waals surface area contributed by atoms with E-state index < -0.39 is 0 Å². The van der Waals surface area contributed by atoms with Crippen LogP contribution in [0.5, 0.6) is 0 Å². The van der Waals surface area contributed by atoms with Gasteiger partial charge in [-0.1, -0.05) is 0 Å². The molecule has 2 aliphatic rings. The Balaban J connectivity index is 2.04. The number of rotatable bonds is 3. The van der Waals surface area contributed by atoms with Gasteiger partial charge in [0, 0.05) is 25.2 Å². The fraction of sp³-hybridized carbons (Fsp3) is 0.938. The summed E-state index contributed by atoms with van der Waals surface area (Å²) in [5, 5.41) is 13.2. The lowest BCUT2D eigenvalue weighted by Gasteiger charge is -2.47. The summed E-state index contributed by atoms with van der Waals surface area (Å²) in [4.78, 5) is 2.54. The Hall–Kier alpha value is -0.630. The van der Waals surface area contributed by atoms with E-state index in [0.717, 1.165) is 39.0 Å². The van der Waals surface area contributed by atoms with Gasteiger partial charge in [0.15, 0.2) is 0 Å². The van der Waals surface area contributed by atoms with Crippen molar-refractivity contribution in [2.24, 2.45) is 0 Å². The second-order valence-corrected chi connectivity index (χ2v) is 7.32. The van der Waals surface area contributed by atoms with Crippen LogP contribution in [0.1, 0.15) is 53.4 Å². The summed E-state index contributed by atoms with van der Waals surface area (Å²) in [6.45, 7) is 11.3. The zero-order valence-electron chi connectivity index (χ0n) is 13.4. The number of hydrogen-bond donors (Lipinski definition) is 1. The van der Waals surface area contributed by atoms with Crippen LogP contribution >= 0.6 is 0 Å². The Kier molecular flexibility index (Phi) is 4.73. The van der Waals surface area contributed by atoms with E-state index in [4.69, 9.17) is 4.74 Å². The third-order valence-corrected chi connectivity index (χ3v) is 4.48. The van der Waals surface area contributed by atoms with Crippen LogP contribution in [0.4, 0.5) is 0 Å². The van der Waals surface area contributed by atoms with Crippen LogP contribution in [0.15, 0.2) is 0 Å². The molecule has 20 heavy (non-hydrogen) atoms. The highest BCUT2D eigenvalue weighted by molar-refractivity contribution is 5.12. The summed E-state index contributed by atoms with van der Waals surface area (Å²) in [6, 6.07) is 3.44. The van der Waals surface area contributed by atoms with Crippen molar-refractivity contribution in [1.82, 2.24) is 10.2 Å². The van der Waals surface area contributed by atoms with Gasteiger partial charge in [0.05, 0.1) is 18.3 Å². The molecule has 0 aromatic heterocycles. The van der Waals surface area contributed by atoms with Crippen LogP contribution in [0.25, 0.3) is 0 Å². The monoisotopic (exact) mass is 279 g/mol. The molecule has 4 heteroatoms. The molecular formula is C16H29N3O. The molecule has 1 N–H and O–H groups in total. The van der Waals surface area contributed by atoms with E-state index >= 15 is 0 Å². The Bertz CT molecular complexity index is 374. The fourth-order valence-corrected chi connectivity index (χ4v) is 3.74. The van der Waals surface area contributed by atoms with Crippen molar-refractivity contribution in [1.29, 1.82) is 5.26 Å². The number of nitriles is 1. The Labute approximate surface area is 123 Å². The Morgan fingerprint density at radius 1 is 1.40 bits per heavy atom. The zero-order chi connectivity index (χ0) is 14.8. The first-order valence-corrected chi connectivity index (χ1v) is 7.93. The van der Waals surface area contributed by atoms with Crippen LogP contribution < -0.4 is 5.32 Å². The van der Waals surface area contributed by atoms with Crippen molar-refractivity contribution in [2.45, 2.75) is 76.6 Å². The van der Waals surface area contributed by atoms with E-state index in [9.17, 15) is 5.26 Å². The molecule has 4 nitrogen and oxygen atoms in total. The molecule has 0 amide bonds. The average molecular weight is 279 g/mol. The molecule has 1 aliphatic heterocycles. The van der Waals surface area contributed by atoms with Crippen LogP contribution in [0.2, 0.25) is 0 Å². The summed E-state index contributed by atoms with van der Waals surface area (Å²) in [7, 11) is 0. The largest absolute Gasteiger partial charge is 0.373 e. The second kappa shape index (κ2) is 6.01. The molecule has 0 bridgehead atoms. The van der Waals surface area contributed by atoms with E-state index in [1.165, 1.54) is 6.42 Å². The summed E-state index contributed by atoms with van der Waals surface area (Å²) in [5.74, 6) is 0. The van der Waals surface area contributed by atoms with Crippen molar-refractivity contribution < 1.29 is 4.74 Å². The molecule has 2 fully saturated rings. The Morgan fingerprint density at radius 2 is 2.15 bits per heavy atom. The van der Waals surface area contributed by atoms with E-state index in [1.807, 2.05) is 0 Å². The van der Waals surface area contributed by atoms with Gasteiger partial charge in [-0.05, 0) is 53.4 Å². The number of morpholine rings is 1. The summed E-state index contributed by atoms with van der Waals surface area (Å²) < 4.78 is 5.81. The minimum absolute atomic E-state index is 0.0591. The lowest BCUT2D eigenvalue weighted by Crippen LogP contribution is -2.58. The molecule has 1 saturated heterocycles. The molecule has 1 heterocycles. The number of nitrogens with zero attached hydrogens (tertiary/aromatic N) is 2. The minimum Gasteiger partial charge on any atom is -0.373 e. The van der Waals surface area contributed by atoms with Crippen molar-refractivity contribution >= 4 is 0 Å². The molecule has 2 rings (SSSR count). The van der Waals surface area contributed by atoms with Crippen molar-refractivity contribution in [3.05, 3.63) is 0 Å². The topological polar surface area (TPSA) is 48.3 Å². The highest BCUT2D eigenvalue weighted by Crippen LogP contribution is 2.33. The van der Waals surface area contributed by atoms with Gasteiger partial charge in [0.25, 0.3) is 0 Å². The highest BCUT2D eigenvalue weighted by Gasteiger charge is 2.41. The van der Waals surface area contributed by atoms with Gasteiger partial charge >= 0.3 is 0 Å². The molecule has 0 radical (unpaired) electrons. The highest BCUT2D eigenvalue weighted by atomic mass is 16.5. The van der Waals surface area contributed by atoms with Gasteiger partial charge in [0.1, 0.15) is 5.54 Å². The Morgan fingerprint density at radius 3 is 2.75 bits per heavy atom. The van der Waals surface area contributed by atoms with Crippen molar-refractivity contribution in [3.63, 3.8) is 0 Å².